The molecule has 41 heavy (non-hydrogen) atoms. The number of para-hydroxylation sites is 1. The normalized spacial score (nSPS) is 11.6. The molecular weight excluding hydrogens is 537 g/mol. The molecule has 1 atom stereocenters. The van der Waals surface area contributed by atoms with E-state index in [1.54, 1.807) is 42.5 Å². The van der Waals surface area contributed by atoms with Crippen molar-refractivity contribution in [3.05, 3.63) is 137 Å². The van der Waals surface area contributed by atoms with E-state index in [2.05, 4.69) is 5.32 Å². The van der Waals surface area contributed by atoms with E-state index < -0.39 is 17.9 Å². The van der Waals surface area contributed by atoms with Gasteiger partial charge in [-0.15, -0.1) is 11.3 Å². The van der Waals surface area contributed by atoms with E-state index >= 15 is 4.39 Å². The summed E-state index contributed by atoms with van der Waals surface area (Å²) in [6.07, 6.45) is 0.176. The highest BCUT2D eigenvalue weighted by molar-refractivity contribution is 7.16. The molecule has 0 aliphatic rings. The van der Waals surface area contributed by atoms with Crippen molar-refractivity contribution >= 4 is 34.0 Å². The van der Waals surface area contributed by atoms with Crippen molar-refractivity contribution in [3.8, 4) is 11.3 Å². The number of amides is 1. The minimum atomic E-state index is -1.10. The number of carboxylic acids is 1. The van der Waals surface area contributed by atoms with Crippen LogP contribution in [0.5, 0.6) is 0 Å². The van der Waals surface area contributed by atoms with Gasteiger partial charge in [-0.25, -0.2) is 14.2 Å². The molecule has 0 bridgehead atoms. The minimum absolute atomic E-state index is 0.176. The molecule has 0 saturated carbocycles. The molecule has 0 aliphatic carbocycles. The number of hydrogen-bond donors (Lipinski definition) is 2. The van der Waals surface area contributed by atoms with E-state index in [0.717, 1.165) is 27.3 Å². The van der Waals surface area contributed by atoms with Crippen LogP contribution in [0.25, 0.3) is 11.3 Å². The van der Waals surface area contributed by atoms with Crippen LogP contribution in [0.3, 0.4) is 0 Å². The van der Waals surface area contributed by atoms with Gasteiger partial charge in [0.1, 0.15) is 11.9 Å². The SMILES string of the molecule is Cc1sc(N(Cc2ccc(C(=O)NC(Cc3ccccc3)C(=O)O)cc2)c2ccccc2F)nc1-c1ccccc1. The Balaban J connectivity index is 1.37. The highest BCUT2D eigenvalue weighted by Crippen LogP contribution is 2.37. The number of nitrogens with one attached hydrogen (secondary N) is 1. The van der Waals surface area contributed by atoms with Crippen molar-refractivity contribution < 1.29 is 19.1 Å². The fourth-order valence-corrected chi connectivity index (χ4v) is 5.47. The number of aryl methyl sites for hydroxylation is 1. The van der Waals surface area contributed by atoms with Crippen LogP contribution in [0, 0.1) is 12.7 Å². The van der Waals surface area contributed by atoms with E-state index in [-0.39, 0.29) is 12.2 Å². The smallest absolute Gasteiger partial charge is 0.326 e. The molecule has 1 unspecified atom stereocenters. The van der Waals surface area contributed by atoms with Gasteiger partial charge in [-0.05, 0) is 42.3 Å². The maximum Gasteiger partial charge on any atom is 0.326 e. The number of aliphatic carboxylic acids is 1. The van der Waals surface area contributed by atoms with Crippen molar-refractivity contribution in [1.29, 1.82) is 0 Å². The Kier molecular flexibility index (Phi) is 8.50. The van der Waals surface area contributed by atoms with E-state index in [4.69, 9.17) is 4.98 Å². The Labute approximate surface area is 241 Å². The van der Waals surface area contributed by atoms with Gasteiger partial charge in [0.15, 0.2) is 5.13 Å². The zero-order valence-electron chi connectivity index (χ0n) is 22.3. The molecule has 206 valence electrons. The number of anilines is 2. The maximum absolute atomic E-state index is 15.0. The van der Waals surface area contributed by atoms with Crippen molar-refractivity contribution in [2.24, 2.45) is 0 Å². The first-order chi connectivity index (χ1) is 19.9. The van der Waals surface area contributed by atoms with Gasteiger partial charge < -0.3 is 15.3 Å². The molecule has 8 heteroatoms. The summed E-state index contributed by atoms with van der Waals surface area (Å²) in [4.78, 5) is 32.4. The van der Waals surface area contributed by atoms with Crippen LogP contribution in [0.1, 0.15) is 26.4 Å². The van der Waals surface area contributed by atoms with Gasteiger partial charge >= 0.3 is 5.97 Å². The zero-order valence-corrected chi connectivity index (χ0v) is 23.1. The Morgan fingerprint density at radius 2 is 1.51 bits per heavy atom. The molecule has 6 nitrogen and oxygen atoms in total. The molecule has 5 aromatic rings. The van der Waals surface area contributed by atoms with Gasteiger partial charge in [0, 0.05) is 22.4 Å². The number of carboxylic acid groups (broad SMARTS) is 1. The van der Waals surface area contributed by atoms with Gasteiger partial charge in [0.2, 0.25) is 0 Å². The van der Waals surface area contributed by atoms with Crippen molar-refractivity contribution in [2.45, 2.75) is 25.9 Å². The molecule has 0 aliphatic heterocycles. The second kappa shape index (κ2) is 12.6. The third-order valence-corrected chi connectivity index (χ3v) is 7.64. The van der Waals surface area contributed by atoms with Crippen LogP contribution in [0.15, 0.2) is 109 Å². The molecule has 0 saturated heterocycles. The summed E-state index contributed by atoms with van der Waals surface area (Å²) in [6.45, 7) is 2.31. The first-order valence-corrected chi connectivity index (χ1v) is 13.9. The minimum Gasteiger partial charge on any atom is -0.480 e. The number of nitrogens with zero attached hydrogens (tertiary/aromatic N) is 2. The van der Waals surface area contributed by atoms with Gasteiger partial charge in [-0.1, -0.05) is 84.9 Å². The largest absolute Gasteiger partial charge is 0.480 e. The predicted molar refractivity (Wildman–Crippen MR) is 160 cm³/mol. The lowest BCUT2D eigenvalue weighted by molar-refractivity contribution is -0.139. The van der Waals surface area contributed by atoms with Gasteiger partial charge in [0.25, 0.3) is 5.91 Å². The molecular formula is C33H28FN3O3S. The van der Waals surface area contributed by atoms with Crippen LogP contribution in [-0.4, -0.2) is 28.0 Å². The number of thiazole rings is 1. The molecule has 2 N–H and O–H groups in total. The number of aromatic nitrogens is 1. The lowest BCUT2D eigenvalue weighted by Gasteiger charge is -2.23. The van der Waals surface area contributed by atoms with E-state index in [0.29, 0.717) is 22.9 Å². The number of halogens is 1. The molecule has 5 rings (SSSR count). The number of carbonyl (C=O) groups excluding carboxylic acids is 1. The summed E-state index contributed by atoms with van der Waals surface area (Å²) in [6, 6.07) is 31.4. The van der Waals surface area contributed by atoms with Gasteiger partial charge in [0.05, 0.1) is 17.9 Å². The average Bonchev–Trinajstić information content (AvgIpc) is 3.38. The number of benzene rings is 4. The molecule has 0 spiro atoms. The first-order valence-electron chi connectivity index (χ1n) is 13.1. The third-order valence-electron chi connectivity index (χ3n) is 6.65. The monoisotopic (exact) mass is 565 g/mol. The maximum atomic E-state index is 15.0. The van der Waals surface area contributed by atoms with E-state index in [1.807, 2.05) is 72.5 Å². The summed E-state index contributed by atoms with van der Waals surface area (Å²) in [5.74, 6) is -1.95. The molecule has 1 aromatic heterocycles. The van der Waals surface area contributed by atoms with Crippen molar-refractivity contribution in [1.82, 2.24) is 10.3 Å². The van der Waals surface area contributed by atoms with E-state index in [1.165, 1.54) is 17.4 Å². The fourth-order valence-electron chi connectivity index (χ4n) is 4.52. The zero-order chi connectivity index (χ0) is 28.8. The third kappa shape index (κ3) is 6.67. The van der Waals surface area contributed by atoms with Crippen LogP contribution >= 0.6 is 11.3 Å². The highest BCUT2D eigenvalue weighted by atomic mass is 32.1. The molecule has 1 amide bonds. The topological polar surface area (TPSA) is 82.5 Å². The Bertz CT molecular complexity index is 1640. The average molecular weight is 566 g/mol. The van der Waals surface area contributed by atoms with E-state index in [9.17, 15) is 14.7 Å². The molecule has 0 fully saturated rings. The van der Waals surface area contributed by atoms with Crippen LogP contribution in [0.4, 0.5) is 15.2 Å². The second-order valence-corrected chi connectivity index (χ2v) is 10.7. The van der Waals surface area contributed by atoms with Crippen LogP contribution < -0.4 is 10.2 Å². The van der Waals surface area contributed by atoms with Crippen molar-refractivity contribution in [3.63, 3.8) is 0 Å². The highest BCUT2D eigenvalue weighted by Gasteiger charge is 2.22. The second-order valence-electron chi connectivity index (χ2n) is 9.56. The number of carbonyl (C=O) groups is 2. The summed E-state index contributed by atoms with van der Waals surface area (Å²) in [5.41, 5.74) is 4.22. The van der Waals surface area contributed by atoms with Crippen LogP contribution in [0.2, 0.25) is 0 Å². The predicted octanol–water partition coefficient (Wildman–Crippen LogP) is 7.02. The summed E-state index contributed by atoms with van der Waals surface area (Å²) < 4.78 is 15.0. The van der Waals surface area contributed by atoms with Crippen LogP contribution in [-0.2, 0) is 17.8 Å². The summed E-state index contributed by atoms with van der Waals surface area (Å²) >= 11 is 1.49. The molecule has 4 aromatic carbocycles. The Morgan fingerprint density at radius 3 is 2.17 bits per heavy atom. The van der Waals surface area contributed by atoms with Gasteiger partial charge in [-0.2, -0.15) is 0 Å². The molecule has 0 radical (unpaired) electrons. The lowest BCUT2D eigenvalue weighted by Crippen LogP contribution is -2.42. The standard InChI is InChI=1S/C33H28FN3O3S/c1-22-30(25-12-6-3-7-13-25)36-33(41-22)37(29-15-9-8-14-27(29)34)21-24-16-18-26(19-17-24)31(38)35-28(32(39)40)20-23-10-4-2-5-11-23/h2-19,28H,20-21H2,1H3,(H,35,38)(H,39,40). The summed E-state index contributed by atoms with van der Waals surface area (Å²) in [7, 11) is 0. The van der Waals surface area contributed by atoms with Crippen molar-refractivity contribution in [2.75, 3.05) is 4.90 Å². The quantitative estimate of drug-likeness (QED) is 0.190. The lowest BCUT2D eigenvalue weighted by atomic mass is 10.1. The first kappa shape index (κ1) is 27.7. The fraction of sp³-hybridized carbons (Fsp3) is 0.121. The Morgan fingerprint density at radius 1 is 0.878 bits per heavy atom. The Hall–Kier alpha value is -4.82. The molecule has 1 heterocycles. The number of rotatable bonds is 10. The van der Waals surface area contributed by atoms with Gasteiger partial charge in [-0.3, -0.25) is 4.79 Å². The number of hydrogen-bond acceptors (Lipinski definition) is 5. The summed E-state index contributed by atoms with van der Waals surface area (Å²) in [5, 5.41) is 12.9.